The first-order valence-corrected chi connectivity index (χ1v) is 3.80. The largest absolute Gasteiger partial charge is 0.236 e. The zero-order valence-corrected chi connectivity index (χ0v) is 6.68. The van der Waals surface area contributed by atoms with Gasteiger partial charge in [0.05, 0.1) is 6.61 Å². The molecule has 0 saturated carbocycles. The van der Waals surface area contributed by atoms with Crippen LogP contribution in [0.1, 0.15) is 33.6 Å². The predicted octanol–water partition coefficient (Wildman–Crippen LogP) is 2.49. The second-order valence-corrected chi connectivity index (χ2v) is 2.96. The third-order valence-electron chi connectivity index (χ3n) is 1.82. The Morgan fingerprint density at radius 1 is 1.33 bits per heavy atom. The van der Waals surface area contributed by atoms with Crippen LogP contribution in [0.5, 0.6) is 0 Å². The summed E-state index contributed by atoms with van der Waals surface area (Å²) in [4.78, 5) is 0. The molecule has 0 rings (SSSR count). The Balaban J connectivity index is 3.41. The Morgan fingerprint density at radius 3 is 2.00 bits per heavy atom. The zero-order valence-electron chi connectivity index (χ0n) is 6.68. The van der Waals surface area contributed by atoms with Gasteiger partial charge in [-0.25, -0.2) is 5.11 Å². The van der Waals surface area contributed by atoms with Gasteiger partial charge in [-0.3, -0.25) is 0 Å². The molecular weight excluding hydrogens is 112 g/mol. The average molecular weight is 129 g/mol. The van der Waals surface area contributed by atoms with Gasteiger partial charge in [-0.05, 0) is 18.3 Å². The Hall–Kier alpha value is -0.0400. The molecule has 0 aromatic carbocycles. The maximum absolute atomic E-state index is 10.5. The molecule has 0 fully saturated rings. The van der Waals surface area contributed by atoms with Gasteiger partial charge in [0.15, 0.2) is 0 Å². The van der Waals surface area contributed by atoms with Gasteiger partial charge in [0.25, 0.3) is 0 Å². The van der Waals surface area contributed by atoms with E-state index in [0.29, 0.717) is 11.8 Å². The second kappa shape index (κ2) is 4.80. The molecule has 0 spiro atoms. The maximum atomic E-state index is 10.5. The quantitative estimate of drug-likeness (QED) is 0.555. The van der Waals surface area contributed by atoms with Crippen LogP contribution in [0.25, 0.3) is 0 Å². The first-order chi connectivity index (χ1) is 4.22. The van der Waals surface area contributed by atoms with Gasteiger partial charge in [-0.2, -0.15) is 0 Å². The predicted molar refractivity (Wildman–Crippen MR) is 38.8 cm³/mol. The van der Waals surface area contributed by atoms with Crippen LogP contribution in [-0.2, 0) is 5.11 Å². The van der Waals surface area contributed by atoms with E-state index in [1.54, 1.807) is 0 Å². The van der Waals surface area contributed by atoms with Crippen molar-refractivity contribution in [3.63, 3.8) is 0 Å². The van der Waals surface area contributed by atoms with E-state index in [2.05, 4.69) is 20.8 Å². The van der Waals surface area contributed by atoms with Gasteiger partial charge >= 0.3 is 0 Å². The van der Waals surface area contributed by atoms with Crippen molar-refractivity contribution in [1.82, 2.24) is 0 Å². The van der Waals surface area contributed by atoms with Crippen molar-refractivity contribution in [3.05, 3.63) is 0 Å². The first-order valence-electron chi connectivity index (χ1n) is 3.80. The van der Waals surface area contributed by atoms with Crippen molar-refractivity contribution in [2.24, 2.45) is 11.8 Å². The number of rotatable bonds is 4. The summed E-state index contributed by atoms with van der Waals surface area (Å²) in [6.07, 6.45) is 2.24. The minimum Gasteiger partial charge on any atom is -0.236 e. The summed E-state index contributed by atoms with van der Waals surface area (Å²) in [6, 6.07) is 0. The number of hydrogen-bond donors (Lipinski definition) is 0. The van der Waals surface area contributed by atoms with Gasteiger partial charge < -0.3 is 0 Å². The molecule has 0 aromatic heterocycles. The van der Waals surface area contributed by atoms with Crippen LogP contribution in [0, 0.1) is 11.8 Å². The first kappa shape index (κ1) is 8.96. The fraction of sp³-hybridized carbons (Fsp3) is 1.00. The molecule has 0 heterocycles. The molecule has 55 valence electrons. The van der Waals surface area contributed by atoms with Crippen molar-refractivity contribution < 1.29 is 5.11 Å². The van der Waals surface area contributed by atoms with Crippen molar-refractivity contribution in [2.75, 3.05) is 6.61 Å². The van der Waals surface area contributed by atoms with Gasteiger partial charge in [0.2, 0.25) is 0 Å². The molecule has 1 radical (unpaired) electrons. The maximum Gasteiger partial charge on any atom is 0.0852 e. The molecule has 0 aliphatic rings. The molecule has 0 bridgehead atoms. The summed E-state index contributed by atoms with van der Waals surface area (Å²) in [6.45, 7) is 6.48. The minimum absolute atomic E-state index is 0.103. The minimum atomic E-state index is 0.103. The molecule has 0 N–H and O–H groups in total. The van der Waals surface area contributed by atoms with Crippen LogP contribution in [0.3, 0.4) is 0 Å². The highest BCUT2D eigenvalue weighted by Gasteiger charge is 2.10. The van der Waals surface area contributed by atoms with Crippen LogP contribution in [0.4, 0.5) is 0 Å². The summed E-state index contributed by atoms with van der Waals surface area (Å²) in [5.74, 6) is 0.984. The molecule has 1 heteroatoms. The van der Waals surface area contributed by atoms with E-state index in [1.807, 2.05) is 0 Å². The lowest BCUT2D eigenvalue weighted by molar-refractivity contribution is 0.114. The summed E-state index contributed by atoms with van der Waals surface area (Å²) < 4.78 is 0. The van der Waals surface area contributed by atoms with Crippen molar-refractivity contribution in [3.8, 4) is 0 Å². The van der Waals surface area contributed by atoms with Gasteiger partial charge in [-0.1, -0.05) is 27.2 Å². The monoisotopic (exact) mass is 129 g/mol. The molecule has 0 aliphatic carbocycles. The van der Waals surface area contributed by atoms with Gasteiger partial charge in [0, 0.05) is 0 Å². The molecule has 0 saturated heterocycles. The van der Waals surface area contributed by atoms with Crippen LogP contribution in [0.15, 0.2) is 0 Å². The van der Waals surface area contributed by atoms with Crippen LogP contribution in [0.2, 0.25) is 0 Å². The van der Waals surface area contributed by atoms with E-state index in [0.717, 1.165) is 12.8 Å². The van der Waals surface area contributed by atoms with Gasteiger partial charge in [0.1, 0.15) is 0 Å². The molecular formula is C8H17O. The number of hydrogen-bond acceptors (Lipinski definition) is 0. The molecule has 9 heavy (non-hydrogen) atoms. The average Bonchev–Trinajstić information content (AvgIpc) is 1.82. The lowest BCUT2D eigenvalue weighted by Gasteiger charge is -2.15. The van der Waals surface area contributed by atoms with E-state index in [9.17, 15) is 5.11 Å². The molecule has 0 aliphatic heterocycles. The van der Waals surface area contributed by atoms with E-state index >= 15 is 0 Å². The Kier molecular flexibility index (Phi) is 4.78. The molecule has 0 aromatic rings. The Labute approximate surface area is 58.1 Å². The fourth-order valence-electron chi connectivity index (χ4n) is 0.980. The van der Waals surface area contributed by atoms with Crippen LogP contribution >= 0.6 is 0 Å². The van der Waals surface area contributed by atoms with E-state index in [1.165, 1.54) is 0 Å². The highest BCUT2D eigenvalue weighted by atomic mass is 16.3. The highest BCUT2D eigenvalue weighted by Crippen LogP contribution is 2.15. The molecule has 0 amide bonds. The van der Waals surface area contributed by atoms with Crippen molar-refractivity contribution >= 4 is 0 Å². The molecule has 1 unspecified atom stereocenters. The van der Waals surface area contributed by atoms with Crippen LogP contribution in [-0.4, -0.2) is 6.61 Å². The smallest absolute Gasteiger partial charge is 0.0852 e. The van der Waals surface area contributed by atoms with Crippen molar-refractivity contribution in [1.29, 1.82) is 0 Å². The lowest BCUT2D eigenvalue weighted by Crippen LogP contribution is -2.11. The van der Waals surface area contributed by atoms with Gasteiger partial charge in [-0.15, -0.1) is 0 Å². The summed E-state index contributed by atoms with van der Waals surface area (Å²) in [5, 5.41) is 10.5. The third-order valence-corrected chi connectivity index (χ3v) is 1.82. The topological polar surface area (TPSA) is 19.9 Å². The Morgan fingerprint density at radius 2 is 1.89 bits per heavy atom. The summed E-state index contributed by atoms with van der Waals surface area (Å²) in [7, 11) is 0. The van der Waals surface area contributed by atoms with E-state index in [-0.39, 0.29) is 6.61 Å². The molecule has 1 nitrogen and oxygen atoms in total. The van der Waals surface area contributed by atoms with Crippen LogP contribution < -0.4 is 0 Å². The third kappa shape index (κ3) is 3.52. The summed E-state index contributed by atoms with van der Waals surface area (Å²) >= 11 is 0. The van der Waals surface area contributed by atoms with E-state index < -0.39 is 0 Å². The Bertz CT molecular complexity index is 59.6. The zero-order chi connectivity index (χ0) is 7.28. The lowest BCUT2D eigenvalue weighted by atomic mass is 9.92. The summed E-state index contributed by atoms with van der Waals surface area (Å²) in [5.41, 5.74) is 0. The van der Waals surface area contributed by atoms with E-state index in [4.69, 9.17) is 0 Å². The van der Waals surface area contributed by atoms with Crippen molar-refractivity contribution in [2.45, 2.75) is 33.6 Å². The molecule has 1 atom stereocenters. The second-order valence-electron chi connectivity index (χ2n) is 2.96. The standard InChI is InChI=1S/C8H17O/c1-4-5-8(6-9)7(2)3/h7-8H,4-6H2,1-3H3. The fourth-order valence-corrected chi connectivity index (χ4v) is 0.980. The normalized spacial score (nSPS) is 14.3. The SMILES string of the molecule is CCCC(C[O])C(C)C. The highest BCUT2D eigenvalue weighted by molar-refractivity contribution is 4.59.